The Labute approximate surface area is 215 Å². The van der Waals surface area contributed by atoms with Crippen molar-refractivity contribution in [2.24, 2.45) is 0 Å². The Hall–Kier alpha value is -4.03. The molecule has 0 bridgehead atoms. The normalized spacial score (nSPS) is 13.2. The van der Waals surface area contributed by atoms with Gasteiger partial charge in [-0.3, -0.25) is 4.79 Å². The molecule has 1 atom stereocenters. The molecule has 1 aliphatic rings. The first-order valence-corrected chi connectivity index (χ1v) is 12.8. The zero-order valence-electron chi connectivity index (χ0n) is 20.0. The Morgan fingerprint density at radius 3 is 2.33 bits per heavy atom. The molecule has 180 valence electrons. The van der Waals surface area contributed by atoms with E-state index < -0.39 is 0 Å². The number of carbonyl (C=O) groups is 2. The van der Waals surface area contributed by atoms with Gasteiger partial charge in [0.25, 0.3) is 5.91 Å². The van der Waals surface area contributed by atoms with Gasteiger partial charge in [0.2, 0.25) is 0 Å². The fraction of sp³-hybridized carbons (Fsp3) is 0.133. The van der Waals surface area contributed by atoms with Crippen LogP contribution in [0.3, 0.4) is 0 Å². The molecule has 36 heavy (non-hydrogen) atoms. The lowest BCUT2D eigenvalue weighted by Gasteiger charge is -2.24. The SMILES string of the molecule is C[C@@H](CNC(=O)Nc1ccc2c(c1)N(Cc1ccccc1)C(=O)c1ccccc1S2)c1ccccc1. The zero-order valence-corrected chi connectivity index (χ0v) is 20.8. The quantitative estimate of drug-likeness (QED) is 0.306. The zero-order chi connectivity index (χ0) is 24.9. The second-order valence-electron chi connectivity index (χ2n) is 8.80. The van der Waals surface area contributed by atoms with Crippen LogP contribution in [0, 0.1) is 0 Å². The molecule has 1 heterocycles. The van der Waals surface area contributed by atoms with Crippen LogP contribution in [-0.4, -0.2) is 18.5 Å². The number of anilines is 2. The van der Waals surface area contributed by atoms with Crippen molar-refractivity contribution in [1.29, 1.82) is 0 Å². The first-order valence-electron chi connectivity index (χ1n) is 11.9. The summed E-state index contributed by atoms with van der Waals surface area (Å²) < 4.78 is 0. The van der Waals surface area contributed by atoms with Gasteiger partial charge in [0.05, 0.1) is 17.8 Å². The molecule has 0 aliphatic carbocycles. The van der Waals surface area contributed by atoms with Crippen molar-refractivity contribution < 1.29 is 9.59 Å². The molecule has 0 fully saturated rings. The molecule has 4 aromatic rings. The highest BCUT2D eigenvalue weighted by Gasteiger charge is 2.27. The number of rotatable bonds is 6. The molecule has 2 N–H and O–H groups in total. The van der Waals surface area contributed by atoms with Gasteiger partial charge in [-0.25, -0.2) is 4.79 Å². The van der Waals surface area contributed by atoms with E-state index in [-0.39, 0.29) is 17.9 Å². The Morgan fingerprint density at radius 2 is 1.56 bits per heavy atom. The topological polar surface area (TPSA) is 61.4 Å². The molecule has 0 aromatic heterocycles. The predicted molar refractivity (Wildman–Crippen MR) is 146 cm³/mol. The fourth-order valence-electron chi connectivity index (χ4n) is 4.24. The number of carbonyl (C=O) groups excluding carboxylic acids is 2. The lowest BCUT2D eigenvalue weighted by Crippen LogP contribution is -2.32. The molecular formula is C30H27N3O2S. The van der Waals surface area contributed by atoms with Gasteiger partial charge in [0.1, 0.15) is 0 Å². The summed E-state index contributed by atoms with van der Waals surface area (Å²) in [5.74, 6) is 0.136. The highest BCUT2D eigenvalue weighted by atomic mass is 32.2. The number of nitrogens with zero attached hydrogens (tertiary/aromatic N) is 1. The van der Waals surface area contributed by atoms with Gasteiger partial charge in [-0.05, 0) is 47.4 Å². The maximum atomic E-state index is 13.7. The van der Waals surface area contributed by atoms with E-state index in [0.717, 1.165) is 21.0 Å². The van der Waals surface area contributed by atoms with E-state index in [1.165, 1.54) is 5.56 Å². The van der Waals surface area contributed by atoms with E-state index in [1.54, 1.807) is 16.7 Å². The van der Waals surface area contributed by atoms with Crippen LogP contribution in [0.4, 0.5) is 16.2 Å². The van der Waals surface area contributed by atoms with Gasteiger partial charge in [-0.1, -0.05) is 91.5 Å². The Balaban J connectivity index is 1.38. The first kappa shape index (κ1) is 23.7. The summed E-state index contributed by atoms with van der Waals surface area (Å²) in [6, 6.07) is 33.2. The minimum Gasteiger partial charge on any atom is -0.337 e. The molecule has 0 unspecified atom stereocenters. The minimum absolute atomic E-state index is 0.0565. The summed E-state index contributed by atoms with van der Waals surface area (Å²) in [7, 11) is 0. The Kier molecular flexibility index (Phi) is 7.05. The van der Waals surface area contributed by atoms with E-state index in [0.29, 0.717) is 24.3 Å². The van der Waals surface area contributed by atoms with Gasteiger partial charge in [-0.2, -0.15) is 0 Å². The standard InChI is InChI=1S/C30H27N3O2S/c1-21(23-12-6-3-7-13-23)19-31-30(35)32-24-16-17-28-26(18-24)33(20-22-10-4-2-5-11-22)29(34)25-14-8-9-15-27(25)36-28/h2-18,21H,19-20H2,1H3,(H2,31,32,35)/t21-/m0/s1. The minimum atomic E-state index is -0.275. The van der Waals surface area contributed by atoms with Gasteiger partial charge >= 0.3 is 6.03 Å². The monoisotopic (exact) mass is 493 g/mol. The second-order valence-corrected chi connectivity index (χ2v) is 9.89. The van der Waals surface area contributed by atoms with Gasteiger partial charge < -0.3 is 15.5 Å². The molecule has 5 nitrogen and oxygen atoms in total. The third-order valence-corrected chi connectivity index (χ3v) is 7.35. The molecule has 0 spiro atoms. The fourth-order valence-corrected chi connectivity index (χ4v) is 5.30. The highest BCUT2D eigenvalue weighted by Crippen LogP contribution is 2.43. The van der Waals surface area contributed by atoms with Gasteiger partial charge in [-0.15, -0.1) is 0 Å². The number of fused-ring (bicyclic) bond motifs is 2. The molecule has 0 saturated heterocycles. The van der Waals surface area contributed by atoms with Crippen molar-refractivity contribution in [3.05, 3.63) is 120 Å². The summed E-state index contributed by atoms with van der Waals surface area (Å²) in [5, 5.41) is 5.90. The van der Waals surface area contributed by atoms with Crippen LogP contribution in [0.1, 0.15) is 34.3 Å². The number of amides is 3. The van der Waals surface area contributed by atoms with Crippen LogP contribution in [0.15, 0.2) is 113 Å². The number of hydrogen-bond donors (Lipinski definition) is 2. The summed E-state index contributed by atoms with van der Waals surface area (Å²) in [6.45, 7) is 3.04. The largest absolute Gasteiger partial charge is 0.337 e. The van der Waals surface area contributed by atoms with Crippen molar-refractivity contribution >= 4 is 35.1 Å². The van der Waals surface area contributed by atoms with Crippen molar-refractivity contribution in [3.63, 3.8) is 0 Å². The van der Waals surface area contributed by atoms with E-state index in [4.69, 9.17) is 0 Å². The third-order valence-electron chi connectivity index (χ3n) is 6.21. The number of nitrogens with one attached hydrogen (secondary N) is 2. The molecule has 4 aromatic carbocycles. The average Bonchev–Trinajstić information content (AvgIpc) is 3.03. The molecule has 6 heteroatoms. The third kappa shape index (κ3) is 5.29. The Bertz CT molecular complexity index is 1380. The van der Waals surface area contributed by atoms with Crippen LogP contribution in [0.5, 0.6) is 0 Å². The molecule has 5 rings (SSSR count). The van der Waals surface area contributed by atoms with Crippen molar-refractivity contribution in [3.8, 4) is 0 Å². The van der Waals surface area contributed by atoms with Crippen LogP contribution < -0.4 is 15.5 Å². The first-order chi connectivity index (χ1) is 17.6. The van der Waals surface area contributed by atoms with Crippen molar-refractivity contribution in [2.45, 2.75) is 29.2 Å². The average molecular weight is 494 g/mol. The highest BCUT2D eigenvalue weighted by molar-refractivity contribution is 7.99. The summed E-state index contributed by atoms with van der Waals surface area (Å²) in [6.07, 6.45) is 0. The predicted octanol–water partition coefficient (Wildman–Crippen LogP) is 6.92. The maximum absolute atomic E-state index is 13.7. The molecule has 1 aliphatic heterocycles. The molecule has 3 amide bonds. The summed E-state index contributed by atoms with van der Waals surface area (Å²) >= 11 is 1.57. The molecule has 0 saturated carbocycles. The number of benzene rings is 4. The second kappa shape index (κ2) is 10.7. The lowest BCUT2D eigenvalue weighted by atomic mass is 10.0. The van der Waals surface area contributed by atoms with Crippen molar-refractivity contribution in [2.75, 3.05) is 16.8 Å². The smallest absolute Gasteiger partial charge is 0.319 e. The number of urea groups is 1. The van der Waals surface area contributed by atoms with Gasteiger partial charge in [0.15, 0.2) is 0 Å². The van der Waals surface area contributed by atoms with Crippen LogP contribution in [0.2, 0.25) is 0 Å². The van der Waals surface area contributed by atoms with Crippen molar-refractivity contribution in [1.82, 2.24) is 5.32 Å². The lowest BCUT2D eigenvalue weighted by molar-refractivity contribution is 0.0982. The van der Waals surface area contributed by atoms with Crippen LogP contribution in [0.25, 0.3) is 0 Å². The summed E-state index contributed by atoms with van der Waals surface area (Å²) in [4.78, 5) is 30.0. The Morgan fingerprint density at radius 1 is 0.861 bits per heavy atom. The molecular weight excluding hydrogens is 466 g/mol. The van der Waals surface area contributed by atoms with E-state index in [9.17, 15) is 9.59 Å². The van der Waals surface area contributed by atoms with E-state index in [2.05, 4.69) is 29.7 Å². The van der Waals surface area contributed by atoms with Crippen LogP contribution >= 0.6 is 11.8 Å². The maximum Gasteiger partial charge on any atom is 0.319 e. The van der Waals surface area contributed by atoms with Crippen LogP contribution in [-0.2, 0) is 6.54 Å². The molecule has 0 radical (unpaired) electrons. The van der Waals surface area contributed by atoms with E-state index in [1.807, 2.05) is 91.0 Å². The van der Waals surface area contributed by atoms with E-state index >= 15 is 0 Å². The number of hydrogen-bond acceptors (Lipinski definition) is 3. The van der Waals surface area contributed by atoms with Gasteiger partial charge in [0, 0.05) is 22.0 Å². The summed E-state index contributed by atoms with van der Waals surface area (Å²) in [5.41, 5.74) is 4.30.